The van der Waals surface area contributed by atoms with Gasteiger partial charge in [-0.25, -0.2) is 0 Å². The zero-order valence-electron chi connectivity index (χ0n) is 15.7. The lowest BCUT2D eigenvalue weighted by Crippen LogP contribution is -2.35. The van der Waals surface area contributed by atoms with Gasteiger partial charge in [0.1, 0.15) is 0 Å². The molecular formula is C22H28N2O2. The molecule has 4 nitrogen and oxygen atoms in total. The third kappa shape index (κ3) is 4.93. The third-order valence-corrected chi connectivity index (χ3v) is 4.92. The Kier molecular flexibility index (Phi) is 6.42. The Morgan fingerprint density at radius 1 is 1.08 bits per heavy atom. The van der Waals surface area contributed by atoms with Crippen molar-refractivity contribution in [2.24, 2.45) is 0 Å². The van der Waals surface area contributed by atoms with E-state index in [9.17, 15) is 4.79 Å². The molecule has 4 heteroatoms. The first kappa shape index (κ1) is 18.6. The summed E-state index contributed by atoms with van der Waals surface area (Å²) in [4.78, 5) is 15.0. The molecule has 1 fully saturated rings. The van der Waals surface area contributed by atoms with Crippen molar-refractivity contribution in [1.82, 2.24) is 10.2 Å². The van der Waals surface area contributed by atoms with Crippen LogP contribution in [0.3, 0.4) is 0 Å². The molecule has 1 saturated heterocycles. The highest BCUT2D eigenvalue weighted by molar-refractivity contribution is 5.94. The van der Waals surface area contributed by atoms with Crippen LogP contribution in [0.15, 0.2) is 48.5 Å². The Hall–Kier alpha value is -2.17. The zero-order chi connectivity index (χ0) is 18.4. The molecule has 0 saturated carbocycles. The molecule has 26 heavy (non-hydrogen) atoms. The number of carbonyl (C=O) groups is 1. The maximum atomic E-state index is 12.6. The number of hydrogen-bond acceptors (Lipinski definition) is 3. The van der Waals surface area contributed by atoms with Crippen LogP contribution >= 0.6 is 0 Å². The van der Waals surface area contributed by atoms with E-state index in [0.29, 0.717) is 5.56 Å². The van der Waals surface area contributed by atoms with Crippen molar-refractivity contribution >= 4 is 5.91 Å². The second kappa shape index (κ2) is 8.97. The molecule has 138 valence electrons. The van der Waals surface area contributed by atoms with Crippen molar-refractivity contribution in [1.29, 1.82) is 0 Å². The summed E-state index contributed by atoms with van der Waals surface area (Å²) < 4.78 is 5.38. The van der Waals surface area contributed by atoms with Gasteiger partial charge in [0, 0.05) is 25.2 Å². The first-order chi connectivity index (χ1) is 12.7. The van der Waals surface area contributed by atoms with Gasteiger partial charge in [-0.15, -0.1) is 0 Å². The van der Waals surface area contributed by atoms with Crippen molar-refractivity contribution < 1.29 is 9.53 Å². The summed E-state index contributed by atoms with van der Waals surface area (Å²) in [5, 5.41) is 3.15. The van der Waals surface area contributed by atoms with E-state index >= 15 is 0 Å². The molecule has 0 spiro atoms. The van der Waals surface area contributed by atoms with E-state index in [-0.39, 0.29) is 11.9 Å². The number of nitrogens with one attached hydrogen (secondary N) is 1. The fraction of sp³-hybridized carbons (Fsp3) is 0.409. The van der Waals surface area contributed by atoms with Gasteiger partial charge in [-0.05, 0) is 36.6 Å². The smallest absolute Gasteiger partial charge is 0.251 e. The number of rotatable bonds is 6. The number of amides is 1. The molecular weight excluding hydrogens is 324 g/mol. The Morgan fingerprint density at radius 3 is 2.35 bits per heavy atom. The minimum absolute atomic E-state index is 0.0182. The van der Waals surface area contributed by atoms with Crippen molar-refractivity contribution in [2.45, 2.75) is 32.9 Å². The summed E-state index contributed by atoms with van der Waals surface area (Å²) >= 11 is 0. The minimum Gasteiger partial charge on any atom is -0.379 e. The van der Waals surface area contributed by atoms with Gasteiger partial charge in [0.25, 0.3) is 5.91 Å². The van der Waals surface area contributed by atoms with Gasteiger partial charge >= 0.3 is 0 Å². The van der Waals surface area contributed by atoms with E-state index in [1.807, 2.05) is 12.1 Å². The van der Waals surface area contributed by atoms with Crippen LogP contribution in [0.2, 0.25) is 0 Å². The summed E-state index contributed by atoms with van der Waals surface area (Å²) in [7, 11) is 0. The maximum Gasteiger partial charge on any atom is 0.251 e. The van der Waals surface area contributed by atoms with Crippen LogP contribution < -0.4 is 5.32 Å². The average molecular weight is 352 g/mol. The molecule has 2 aromatic rings. The van der Waals surface area contributed by atoms with E-state index in [1.54, 1.807) is 0 Å². The molecule has 0 aromatic heterocycles. The molecule has 1 N–H and O–H groups in total. The highest BCUT2D eigenvalue weighted by Crippen LogP contribution is 2.18. The van der Waals surface area contributed by atoms with Crippen LogP contribution in [0.25, 0.3) is 0 Å². The van der Waals surface area contributed by atoms with E-state index < -0.39 is 0 Å². The second-order valence-corrected chi connectivity index (χ2v) is 6.93. The zero-order valence-corrected chi connectivity index (χ0v) is 15.7. The predicted octanol–water partition coefficient (Wildman–Crippen LogP) is 3.71. The highest BCUT2D eigenvalue weighted by atomic mass is 16.5. The topological polar surface area (TPSA) is 41.6 Å². The normalized spacial score (nSPS) is 16.2. The van der Waals surface area contributed by atoms with Crippen molar-refractivity contribution in [3.8, 4) is 0 Å². The summed E-state index contributed by atoms with van der Waals surface area (Å²) in [6, 6.07) is 16.4. The molecule has 0 radical (unpaired) electrons. The Bertz CT molecular complexity index is 704. The lowest BCUT2D eigenvalue weighted by Gasteiger charge is -2.26. The number of aryl methyl sites for hydroxylation is 1. The Balaban J connectivity index is 1.60. The van der Waals surface area contributed by atoms with Gasteiger partial charge in [0.2, 0.25) is 0 Å². The number of benzene rings is 2. The lowest BCUT2D eigenvalue weighted by molar-refractivity contribution is 0.0342. The molecule has 1 heterocycles. The van der Waals surface area contributed by atoms with Crippen LogP contribution in [0, 0.1) is 6.92 Å². The van der Waals surface area contributed by atoms with Gasteiger partial charge in [-0.1, -0.05) is 48.9 Å². The van der Waals surface area contributed by atoms with Crippen LogP contribution in [0.5, 0.6) is 0 Å². The minimum atomic E-state index is -0.0182. The second-order valence-electron chi connectivity index (χ2n) is 6.93. The van der Waals surface area contributed by atoms with Crippen LogP contribution in [0.1, 0.15) is 46.4 Å². The average Bonchev–Trinajstić information content (AvgIpc) is 2.68. The number of morpholine rings is 1. The molecule has 2 aromatic carbocycles. The van der Waals surface area contributed by atoms with Gasteiger partial charge in [0.05, 0.1) is 19.3 Å². The summed E-state index contributed by atoms with van der Waals surface area (Å²) in [5.41, 5.74) is 4.32. The van der Waals surface area contributed by atoms with E-state index in [1.165, 1.54) is 11.1 Å². The van der Waals surface area contributed by atoms with E-state index in [0.717, 1.165) is 44.8 Å². The Labute approximate surface area is 156 Å². The Morgan fingerprint density at radius 2 is 1.73 bits per heavy atom. The molecule has 3 rings (SSSR count). The quantitative estimate of drug-likeness (QED) is 0.862. The fourth-order valence-electron chi connectivity index (χ4n) is 3.24. The first-order valence-electron chi connectivity index (χ1n) is 9.42. The van der Waals surface area contributed by atoms with Crippen molar-refractivity contribution in [2.75, 3.05) is 26.3 Å². The van der Waals surface area contributed by atoms with Crippen molar-refractivity contribution in [3.63, 3.8) is 0 Å². The van der Waals surface area contributed by atoms with Gasteiger partial charge in [0.15, 0.2) is 0 Å². The predicted molar refractivity (Wildman–Crippen MR) is 104 cm³/mol. The highest BCUT2D eigenvalue weighted by Gasteiger charge is 2.15. The van der Waals surface area contributed by atoms with Gasteiger partial charge in [-0.3, -0.25) is 9.69 Å². The SMILES string of the molecule is CCC(NC(=O)c1ccc(CN2CCOCC2)cc1)c1ccc(C)cc1. The van der Waals surface area contributed by atoms with Gasteiger partial charge in [-0.2, -0.15) is 0 Å². The fourth-order valence-corrected chi connectivity index (χ4v) is 3.24. The third-order valence-electron chi connectivity index (χ3n) is 4.92. The lowest BCUT2D eigenvalue weighted by atomic mass is 10.0. The standard InChI is InChI=1S/C22H28N2O2/c1-3-21(19-8-4-17(2)5-9-19)23-22(25)20-10-6-18(7-11-20)16-24-12-14-26-15-13-24/h4-11,21H,3,12-16H2,1-2H3,(H,23,25). The maximum absolute atomic E-state index is 12.6. The summed E-state index contributed by atoms with van der Waals surface area (Å²) in [6.45, 7) is 8.62. The summed E-state index contributed by atoms with van der Waals surface area (Å²) in [6.07, 6.45) is 0.865. The largest absolute Gasteiger partial charge is 0.379 e. The molecule has 1 aliphatic heterocycles. The number of ether oxygens (including phenoxy) is 1. The number of carbonyl (C=O) groups excluding carboxylic acids is 1. The number of hydrogen-bond donors (Lipinski definition) is 1. The van der Waals surface area contributed by atoms with Crippen molar-refractivity contribution in [3.05, 3.63) is 70.8 Å². The van der Waals surface area contributed by atoms with Crippen LogP contribution in [0.4, 0.5) is 0 Å². The molecule has 1 amide bonds. The van der Waals surface area contributed by atoms with E-state index in [4.69, 9.17) is 4.74 Å². The van der Waals surface area contributed by atoms with E-state index in [2.05, 4.69) is 60.5 Å². The molecule has 1 unspecified atom stereocenters. The molecule has 0 bridgehead atoms. The van der Waals surface area contributed by atoms with Crippen LogP contribution in [-0.2, 0) is 11.3 Å². The molecule has 1 atom stereocenters. The summed E-state index contributed by atoms with van der Waals surface area (Å²) in [5.74, 6) is -0.0182. The molecule has 0 aliphatic carbocycles. The van der Waals surface area contributed by atoms with Gasteiger partial charge < -0.3 is 10.1 Å². The van der Waals surface area contributed by atoms with Crippen LogP contribution in [-0.4, -0.2) is 37.1 Å². The monoisotopic (exact) mass is 352 g/mol. The first-order valence-corrected chi connectivity index (χ1v) is 9.42. The number of nitrogens with zero attached hydrogens (tertiary/aromatic N) is 1. The molecule has 1 aliphatic rings.